The number of ketones is 1. The number of nitrogens with one attached hydrogen (secondary N) is 1. The van der Waals surface area contributed by atoms with Crippen LogP contribution in [-0.4, -0.2) is 10.8 Å². The maximum atomic E-state index is 13.1. The van der Waals surface area contributed by atoms with Crippen LogP contribution in [0.25, 0.3) is 5.57 Å². The van der Waals surface area contributed by atoms with E-state index >= 15 is 0 Å². The van der Waals surface area contributed by atoms with Crippen LogP contribution in [-0.2, 0) is 12.8 Å². The van der Waals surface area contributed by atoms with Gasteiger partial charge in [0.15, 0.2) is 0 Å². The molecule has 0 saturated heterocycles. The monoisotopic (exact) mass is 411 g/mol. The van der Waals surface area contributed by atoms with Crippen molar-refractivity contribution in [2.24, 2.45) is 0 Å². The molecule has 0 fully saturated rings. The Labute approximate surface area is 169 Å². The number of thiazole rings is 1. The smallest absolute Gasteiger partial charge is 0.206 e. The molecule has 1 aliphatic rings. The number of carbonyl (C=O) groups excluding carboxylic acids is 1. The highest BCUT2D eigenvalue weighted by atomic mass is 32.1. The molecule has 7 heteroatoms. The Morgan fingerprint density at radius 3 is 2.89 bits per heavy atom. The first-order valence-electron chi connectivity index (χ1n) is 8.69. The molecule has 0 bridgehead atoms. The molecule has 1 N–H and O–H groups in total. The number of nitriles is 1. The summed E-state index contributed by atoms with van der Waals surface area (Å²) in [5.41, 5.74) is 3.34. The fourth-order valence-corrected chi connectivity index (χ4v) is 5.88. The molecule has 3 aromatic rings. The molecular weight excluding hydrogens is 394 g/mol. The van der Waals surface area contributed by atoms with Crippen molar-refractivity contribution in [3.63, 3.8) is 0 Å². The van der Waals surface area contributed by atoms with Crippen LogP contribution in [0, 0.1) is 18.3 Å². The van der Waals surface area contributed by atoms with Crippen LogP contribution in [0.15, 0.2) is 29.1 Å². The molecule has 136 valence electrons. The van der Waals surface area contributed by atoms with Gasteiger partial charge in [-0.2, -0.15) is 5.26 Å². The van der Waals surface area contributed by atoms with Crippen LogP contribution in [0.1, 0.15) is 49.2 Å². The van der Waals surface area contributed by atoms with Crippen molar-refractivity contribution in [2.75, 3.05) is 5.32 Å². The number of anilines is 1. The number of fused-ring (bicyclic) bond motifs is 1. The number of hydrogen-bond donors (Lipinski definition) is 1. The average molecular weight is 412 g/mol. The van der Waals surface area contributed by atoms with Gasteiger partial charge in [-0.15, -0.1) is 34.0 Å². The lowest BCUT2D eigenvalue weighted by Gasteiger charge is -2.12. The molecule has 0 aromatic carbocycles. The summed E-state index contributed by atoms with van der Waals surface area (Å²) in [7, 11) is 0. The Morgan fingerprint density at radius 1 is 1.33 bits per heavy atom. The number of aryl methyl sites for hydroxylation is 2. The number of rotatable bonds is 5. The molecule has 0 aliphatic heterocycles. The van der Waals surface area contributed by atoms with Gasteiger partial charge >= 0.3 is 0 Å². The largest absolute Gasteiger partial charge is 0.351 e. The third-order valence-electron chi connectivity index (χ3n) is 4.46. The van der Waals surface area contributed by atoms with E-state index in [4.69, 9.17) is 0 Å². The lowest BCUT2D eigenvalue weighted by Crippen LogP contribution is -2.07. The number of carbonyl (C=O) groups is 1. The zero-order valence-corrected chi connectivity index (χ0v) is 17.2. The molecule has 4 nitrogen and oxygen atoms in total. The van der Waals surface area contributed by atoms with Crippen LogP contribution in [0.5, 0.6) is 0 Å². The van der Waals surface area contributed by atoms with Gasteiger partial charge in [0.05, 0.1) is 10.4 Å². The van der Waals surface area contributed by atoms with Crippen molar-refractivity contribution in [1.82, 2.24) is 4.98 Å². The van der Waals surface area contributed by atoms with E-state index in [0.717, 1.165) is 46.8 Å². The van der Waals surface area contributed by atoms with E-state index in [0.29, 0.717) is 10.6 Å². The SMILES string of the molecule is Cc1csc(/C(C#N)=C/Nc2sc3c(c2C(=O)c2cccs2)CCCC3)n1. The highest BCUT2D eigenvalue weighted by Gasteiger charge is 2.26. The molecule has 0 radical (unpaired) electrons. The second-order valence-corrected chi connectivity index (χ2v) is 9.24. The number of allylic oxidation sites excluding steroid dienone is 1. The summed E-state index contributed by atoms with van der Waals surface area (Å²) in [6, 6.07) is 5.99. The van der Waals surface area contributed by atoms with Gasteiger partial charge < -0.3 is 5.32 Å². The van der Waals surface area contributed by atoms with Crippen molar-refractivity contribution in [3.8, 4) is 6.07 Å². The first kappa shape index (κ1) is 18.1. The first-order chi connectivity index (χ1) is 13.2. The Kier molecular flexibility index (Phi) is 5.21. The minimum absolute atomic E-state index is 0.0731. The van der Waals surface area contributed by atoms with Crippen LogP contribution < -0.4 is 5.32 Å². The fraction of sp³-hybridized carbons (Fsp3) is 0.250. The molecule has 3 aromatic heterocycles. The van der Waals surface area contributed by atoms with Crippen LogP contribution in [0.4, 0.5) is 5.00 Å². The summed E-state index contributed by atoms with van der Waals surface area (Å²) < 4.78 is 0. The van der Waals surface area contributed by atoms with Gasteiger partial charge in [-0.25, -0.2) is 4.98 Å². The lowest BCUT2D eigenvalue weighted by atomic mass is 9.93. The van der Waals surface area contributed by atoms with Gasteiger partial charge in [-0.3, -0.25) is 4.79 Å². The Hall–Kier alpha value is -2.27. The molecule has 0 saturated carbocycles. The van der Waals surface area contributed by atoms with Gasteiger partial charge in [0, 0.05) is 22.2 Å². The summed E-state index contributed by atoms with van der Waals surface area (Å²) in [5.74, 6) is 0.0731. The second-order valence-electron chi connectivity index (χ2n) is 6.33. The Bertz CT molecular complexity index is 1050. The summed E-state index contributed by atoms with van der Waals surface area (Å²) >= 11 is 4.56. The number of hydrogen-bond acceptors (Lipinski definition) is 7. The molecule has 27 heavy (non-hydrogen) atoms. The molecule has 0 spiro atoms. The zero-order valence-electron chi connectivity index (χ0n) is 14.7. The number of thiophene rings is 2. The van der Waals surface area contributed by atoms with Crippen molar-refractivity contribution in [3.05, 3.63) is 60.7 Å². The maximum absolute atomic E-state index is 13.1. The summed E-state index contributed by atoms with van der Waals surface area (Å²) in [6.45, 7) is 1.91. The maximum Gasteiger partial charge on any atom is 0.206 e. The Morgan fingerprint density at radius 2 is 2.19 bits per heavy atom. The lowest BCUT2D eigenvalue weighted by molar-refractivity contribution is 0.104. The molecule has 0 amide bonds. The molecule has 0 atom stereocenters. The van der Waals surface area contributed by atoms with Crippen LogP contribution in [0.3, 0.4) is 0 Å². The first-order valence-corrected chi connectivity index (χ1v) is 11.3. The van der Waals surface area contributed by atoms with Gasteiger partial charge in [-0.05, 0) is 49.6 Å². The van der Waals surface area contributed by atoms with Crippen molar-refractivity contribution >= 4 is 50.4 Å². The van der Waals surface area contributed by atoms with Crippen molar-refractivity contribution in [2.45, 2.75) is 32.6 Å². The van der Waals surface area contributed by atoms with Gasteiger partial charge in [-0.1, -0.05) is 6.07 Å². The summed E-state index contributed by atoms with van der Waals surface area (Å²) in [5, 5.41) is 18.1. The molecule has 0 unspecified atom stereocenters. The fourth-order valence-electron chi connectivity index (χ4n) is 3.20. The van der Waals surface area contributed by atoms with E-state index in [1.165, 1.54) is 33.1 Å². The third kappa shape index (κ3) is 3.61. The minimum atomic E-state index is 0.0731. The van der Waals surface area contributed by atoms with E-state index < -0.39 is 0 Å². The predicted molar refractivity (Wildman–Crippen MR) is 113 cm³/mol. The van der Waals surface area contributed by atoms with E-state index in [-0.39, 0.29) is 5.78 Å². The molecule has 4 rings (SSSR count). The topological polar surface area (TPSA) is 65.8 Å². The molecule has 3 heterocycles. The van der Waals surface area contributed by atoms with Crippen LogP contribution >= 0.6 is 34.0 Å². The predicted octanol–water partition coefficient (Wildman–Crippen LogP) is 5.66. The standard InChI is InChI=1S/C20H17N3OS3/c1-12-11-26-19(23-12)13(9-21)10-22-20-17(18(24)16-7-4-8-25-16)14-5-2-3-6-15(14)27-20/h4,7-8,10-11,22H,2-3,5-6H2,1H3/b13-10+. The van der Waals surface area contributed by atoms with Crippen molar-refractivity contribution < 1.29 is 4.79 Å². The highest BCUT2D eigenvalue weighted by molar-refractivity contribution is 7.17. The molecule has 1 aliphatic carbocycles. The van der Waals surface area contributed by atoms with Gasteiger partial charge in [0.2, 0.25) is 5.78 Å². The van der Waals surface area contributed by atoms with E-state index in [9.17, 15) is 10.1 Å². The van der Waals surface area contributed by atoms with Crippen LogP contribution in [0.2, 0.25) is 0 Å². The highest BCUT2D eigenvalue weighted by Crippen LogP contribution is 2.40. The summed E-state index contributed by atoms with van der Waals surface area (Å²) in [6.07, 6.45) is 5.93. The number of aromatic nitrogens is 1. The van der Waals surface area contributed by atoms with Gasteiger partial charge in [0.1, 0.15) is 21.7 Å². The van der Waals surface area contributed by atoms with E-state index in [1.54, 1.807) is 17.5 Å². The number of nitrogens with zero attached hydrogens (tertiary/aromatic N) is 2. The second kappa shape index (κ2) is 7.77. The average Bonchev–Trinajstić information content (AvgIpc) is 3.41. The van der Waals surface area contributed by atoms with E-state index in [1.807, 2.05) is 29.8 Å². The quantitative estimate of drug-likeness (QED) is 0.434. The minimum Gasteiger partial charge on any atom is -0.351 e. The van der Waals surface area contributed by atoms with Crippen molar-refractivity contribution in [1.29, 1.82) is 5.26 Å². The Balaban J connectivity index is 1.72. The third-order valence-corrected chi connectivity index (χ3v) is 7.55. The normalized spacial score (nSPS) is 13.9. The zero-order chi connectivity index (χ0) is 18.8. The van der Waals surface area contributed by atoms with Gasteiger partial charge in [0.25, 0.3) is 0 Å². The summed E-state index contributed by atoms with van der Waals surface area (Å²) in [4.78, 5) is 19.6. The molecular formula is C20H17N3OS3. The van der Waals surface area contributed by atoms with E-state index in [2.05, 4.69) is 16.4 Å².